The van der Waals surface area contributed by atoms with Crippen molar-refractivity contribution in [3.05, 3.63) is 23.2 Å². The molecule has 2 unspecified atom stereocenters. The maximum Gasteiger partial charge on any atom is 0.326 e. The zero-order valence-corrected chi connectivity index (χ0v) is 12.5. The third-order valence-corrected chi connectivity index (χ3v) is 3.11. The number of nitrogens with one attached hydrogen (secondary N) is 2. The molecule has 0 fully saturated rings. The number of rotatable bonds is 5. The SMILES string of the molecule is Cc1cc(C(C)NC(=O)NC(C(=O)O)C(C)C)c(C)o1. The van der Waals surface area contributed by atoms with Gasteiger partial charge in [0.15, 0.2) is 0 Å². The van der Waals surface area contributed by atoms with Crippen molar-refractivity contribution in [2.24, 2.45) is 5.92 Å². The minimum absolute atomic E-state index is 0.188. The van der Waals surface area contributed by atoms with Crippen LogP contribution in [0, 0.1) is 19.8 Å². The standard InChI is InChI=1S/C14H22N2O4/c1-7(2)12(13(17)18)16-14(19)15-9(4)11-6-8(3)20-10(11)5/h6-7,9,12H,1-5H3,(H,17,18)(H2,15,16,19). The van der Waals surface area contributed by atoms with Gasteiger partial charge >= 0.3 is 12.0 Å². The highest BCUT2D eigenvalue weighted by molar-refractivity contribution is 5.82. The van der Waals surface area contributed by atoms with Crippen LogP contribution < -0.4 is 10.6 Å². The van der Waals surface area contributed by atoms with Gasteiger partial charge in [0, 0.05) is 5.56 Å². The zero-order valence-electron chi connectivity index (χ0n) is 12.5. The van der Waals surface area contributed by atoms with Crippen molar-refractivity contribution in [1.82, 2.24) is 10.6 Å². The van der Waals surface area contributed by atoms with Crippen LogP contribution in [-0.4, -0.2) is 23.1 Å². The lowest BCUT2D eigenvalue weighted by Gasteiger charge is -2.20. The number of urea groups is 1. The van der Waals surface area contributed by atoms with E-state index < -0.39 is 18.0 Å². The lowest BCUT2D eigenvalue weighted by Crippen LogP contribution is -2.49. The van der Waals surface area contributed by atoms with Crippen molar-refractivity contribution < 1.29 is 19.1 Å². The third-order valence-electron chi connectivity index (χ3n) is 3.11. The highest BCUT2D eigenvalue weighted by Crippen LogP contribution is 2.21. The number of carboxylic acid groups (broad SMARTS) is 1. The van der Waals surface area contributed by atoms with Crippen LogP contribution in [0.15, 0.2) is 10.5 Å². The number of amides is 2. The van der Waals surface area contributed by atoms with Crippen LogP contribution in [0.5, 0.6) is 0 Å². The maximum absolute atomic E-state index is 11.8. The van der Waals surface area contributed by atoms with Crippen LogP contribution in [0.2, 0.25) is 0 Å². The van der Waals surface area contributed by atoms with E-state index in [1.165, 1.54) is 0 Å². The Morgan fingerprint density at radius 2 is 1.80 bits per heavy atom. The van der Waals surface area contributed by atoms with E-state index in [-0.39, 0.29) is 12.0 Å². The van der Waals surface area contributed by atoms with Crippen LogP contribution in [0.1, 0.15) is 43.9 Å². The van der Waals surface area contributed by atoms with Gasteiger partial charge in [0.2, 0.25) is 0 Å². The number of carbonyl (C=O) groups is 2. The molecule has 1 aromatic heterocycles. The van der Waals surface area contributed by atoms with E-state index in [0.717, 1.165) is 17.1 Å². The molecule has 6 nitrogen and oxygen atoms in total. The Hall–Kier alpha value is -1.98. The van der Waals surface area contributed by atoms with Crippen LogP contribution in [0.25, 0.3) is 0 Å². The fraction of sp³-hybridized carbons (Fsp3) is 0.571. The van der Waals surface area contributed by atoms with Crippen molar-refractivity contribution in [3.63, 3.8) is 0 Å². The second kappa shape index (κ2) is 6.45. The van der Waals surface area contributed by atoms with Crippen molar-refractivity contribution in [1.29, 1.82) is 0 Å². The summed E-state index contributed by atoms with van der Waals surface area (Å²) in [4.78, 5) is 22.9. The molecule has 1 aromatic rings. The van der Waals surface area contributed by atoms with E-state index in [2.05, 4.69) is 10.6 Å². The Bertz CT molecular complexity index is 493. The van der Waals surface area contributed by atoms with Crippen molar-refractivity contribution in [3.8, 4) is 0 Å². The molecule has 2 atom stereocenters. The lowest BCUT2D eigenvalue weighted by molar-refractivity contribution is -0.140. The molecule has 1 heterocycles. The first kappa shape index (κ1) is 16.1. The molecule has 0 saturated heterocycles. The first-order valence-corrected chi connectivity index (χ1v) is 6.59. The molecule has 0 radical (unpaired) electrons. The quantitative estimate of drug-likeness (QED) is 0.773. The molecule has 6 heteroatoms. The average Bonchev–Trinajstić information content (AvgIpc) is 2.64. The summed E-state index contributed by atoms with van der Waals surface area (Å²) < 4.78 is 5.41. The molecule has 0 aromatic carbocycles. The van der Waals surface area contributed by atoms with E-state index >= 15 is 0 Å². The summed E-state index contributed by atoms with van der Waals surface area (Å²) in [7, 11) is 0. The third kappa shape index (κ3) is 4.01. The molecule has 0 saturated carbocycles. The highest BCUT2D eigenvalue weighted by atomic mass is 16.4. The van der Waals surface area contributed by atoms with Gasteiger partial charge < -0.3 is 20.2 Å². The van der Waals surface area contributed by atoms with Gasteiger partial charge in [-0.2, -0.15) is 0 Å². The average molecular weight is 282 g/mol. The predicted octanol–water partition coefficient (Wildman–Crippen LogP) is 2.37. The first-order valence-electron chi connectivity index (χ1n) is 6.59. The van der Waals surface area contributed by atoms with Gasteiger partial charge in [-0.15, -0.1) is 0 Å². The second-order valence-corrected chi connectivity index (χ2v) is 5.27. The molecular weight excluding hydrogens is 260 g/mol. The summed E-state index contributed by atoms with van der Waals surface area (Å²) >= 11 is 0. The van der Waals surface area contributed by atoms with Gasteiger partial charge in [-0.3, -0.25) is 0 Å². The van der Waals surface area contributed by atoms with E-state index in [1.54, 1.807) is 13.8 Å². The van der Waals surface area contributed by atoms with Crippen molar-refractivity contribution >= 4 is 12.0 Å². The van der Waals surface area contributed by atoms with E-state index in [0.29, 0.717) is 0 Å². The molecule has 0 aliphatic rings. The summed E-state index contributed by atoms with van der Waals surface area (Å²) in [6.07, 6.45) is 0. The van der Waals surface area contributed by atoms with E-state index in [9.17, 15) is 9.59 Å². The van der Waals surface area contributed by atoms with Crippen LogP contribution in [-0.2, 0) is 4.79 Å². The molecule has 0 aliphatic carbocycles. The van der Waals surface area contributed by atoms with Gasteiger partial charge in [-0.05, 0) is 32.8 Å². The highest BCUT2D eigenvalue weighted by Gasteiger charge is 2.24. The van der Waals surface area contributed by atoms with Gasteiger partial charge in [-0.25, -0.2) is 9.59 Å². The molecule has 20 heavy (non-hydrogen) atoms. The van der Waals surface area contributed by atoms with Gasteiger partial charge in [0.1, 0.15) is 17.6 Å². The predicted molar refractivity (Wildman–Crippen MR) is 74.5 cm³/mol. The Labute approximate surface area is 118 Å². The van der Waals surface area contributed by atoms with Gasteiger partial charge in [0.05, 0.1) is 6.04 Å². The molecule has 112 valence electrons. The fourth-order valence-electron chi connectivity index (χ4n) is 2.05. The molecule has 3 N–H and O–H groups in total. The summed E-state index contributed by atoms with van der Waals surface area (Å²) in [5.74, 6) is 0.288. The summed E-state index contributed by atoms with van der Waals surface area (Å²) in [6, 6.07) is 0.192. The Morgan fingerprint density at radius 3 is 2.20 bits per heavy atom. The molecule has 0 bridgehead atoms. The lowest BCUT2D eigenvalue weighted by atomic mass is 10.1. The van der Waals surface area contributed by atoms with Crippen LogP contribution >= 0.6 is 0 Å². The molecule has 1 rings (SSSR count). The molecule has 0 aliphatic heterocycles. The van der Waals surface area contributed by atoms with Crippen LogP contribution in [0.3, 0.4) is 0 Å². The minimum Gasteiger partial charge on any atom is -0.480 e. The van der Waals surface area contributed by atoms with Gasteiger partial charge in [-0.1, -0.05) is 13.8 Å². The maximum atomic E-state index is 11.8. The summed E-state index contributed by atoms with van der Waals surface area (Å²) in [6.45, 7) is 8.97. The molecule has 2 amide bonds. The Balaban J connectivity index is 2.66. The number of aryl methyl sites for hydroxylation is 2. The normalized spacial score (nSPS) is 13.9. The summed E-state index contributed by atoms with van der Waals surface area (Å²) in [5, 5.41) is 14.2. The van der Waals surface area contributed by atoms with E-state index in [4.69, 9.17) is 9.52 Å². The number of furan rings is 1. The number of aliphatic carboxylic acids is 1. The molecule has 0 spiro atoms. The van der Waals surface area contributed by atoms with Gasteiger partial charge in [0.25, 0.3) is 0 Å². The van der Waals surface area contributed by atoms with E-state index in [1.807, 2.05) is 26.8 Å². The number of hydrogen-bond acceptors (Lipinski definition) is 3. The fourth-order valence-corrected chi connectivity index (χ4v) is 2.05. The second-order valence-electron chi connectivity index (χ2n) is 5.27. The smallest absolute Gasteiger partial charge is 0.326 e. The minimum atomic E-state index is -1.04. The van der Waals surface area contributed by atoms with Crippen molar-refractivity contribution in [2.45, 2.75) is 46.7 Å². The van der Waals surface area contributed by atoms with Crippen LogP contribution in [0.4, 0.5) is 4.79 Å². The summed E-state index contributed by atoms with van der Waals surface area (Å²) in [5.41, 5.74) is 0.883. The van der Waals surface area contributed by atoms with Crippen molar-refractivity contribution in [2.75, 3.05) is 0 Å². The topological polar surface area (TPSA) is 91.6 Å². The number of carbonyl (C=O) groups excluding carboxylic acids is 1. The zero-order chi connectivity index (χ0) is 15.4. The largest absolute Gasteiger partial charge is 0.480 e. The number of carboxylic acids is 1. The Morgan fingerprint density at radius 1 is 1.20 bits per heavy atom. The molecular formula is C14H22N2O4. The Kier molecular flexibility index (Phi) is 5.19. The number of hydrogen-bond donors (Lipinski definition) is 3. The first-order chi connectivity index (χ1) is 9.22. The monoisotopic (exact) mass is 282 g/mol.